The van der Waals surface area contributed by atoms with Crippen LogP contribution in [0.5, 0.6) is 0 Å². The van der Waals surface area contributed by atoms with Crippen LogP contribution in [0.1, 0.15) is 51.4 Å². The number of carbonyl (C=O) groups excluding carboxylic acids is 1. The van der Waals surface area contributed by atoms with Crippen LogP contribution < -0.4 is 0 Å². The lowest BCUT2D eigenvalue weighted by molar-refractivity contribution is -0.166. The molecule has 26 heavy (non-hydrogen) atoms. The first kappa shape index (κ1) is 19.9. The number of unbranched alkanes of at least 4 members (excludes halogenated alkanes) is 1. The Morgan fingerprint density at radius 2 is 1.65 bits per heavy atom. The topological polar surface area (TPSA) is 80.7 Å². The highest BCUT2D eigenvalue weighted by molar-refractivity contribution is 7.87. The second kappa shape index (κ2) is 6.32. The van der Waals surface area contributed by atoms with Gasteiger partial charge in [-0.1, -0.05) is 0 Å². The molecule has 5 nitrogen and oxygen atoms in total. The Balaban J connectivity index is 1.44. The average Bonchev–Trinajstić information content (AvgIpc) is 2.91. The van der Waals surface area contributed by atoms with Crippen LogP contribution in [0.15, 0.2) is 0 Å². The SMILES string of the molecule is O=C(OCCCCC(F)(F)C(F)(F)S(=O)(=O)O)C12CC3CC(CC1C3)C2. The second-order valence-electron chi connectivity index (χ2n) is 7.99. The molecule has 0 aliphatic heterocycles. The third-order valence-corrected chi connectivity index (χ3v) is 7.21. The van der Waals surface area contributed by atoms with Crippen molar-refractivity contribution < 1.29 is 40.1 Å². The standard InChI is InChI=1S/C16H22F4O5S/c17-15(18,16(19,20)26(22,23)24)3-1-2-4-25-13(21)14-8-10-5-11(9-14)7-12(14)6-10/h10-12H,1-9H2,(H,22,23,24). The zero-order valence-electron chi connectivity index (χ0n) is 14.1. The van der Waals surface area contributed by atoms with Gasteiger partial charge in [0.15, 0.2) is 0 Å². The lowest BCUT2D eigenvalue weighted by atomic mass is 9.75. The van der Waals surface area contributed by atoms with Crippen LogP contribution in [0.4, 0.5) is 17.6 Å². The molecule has 10 heteroatoms. The van der Waals surface area contributed by atoms with Crippen LogP contribution in [-0.4, -0.2) is 36.7 Å². The fourth-order valence-electron chi connectivity index (χ4n) is 5.22. The first-order valence-corrected chi connectivity index (χ1v) is 10.2. The fraction of sp³-hybridized carbons (Fsp3) is 0.938. The van der Waals surface area contributed by atoms with Crippen molar-refractivity contribution >= 4 is 16.1 Å². The van der Waals surface area contributed by atoms with Crippen LogP contribution in [0.25, 0.3) is 0 Å². The Kier molecular flexibility index (Phi) is 4.83. The minimum atomic E-state index is -6.21. The van der Waals surface area contributed by atoms with Crippen LogP contribution in [0, 0.1) is 23.2 Å². The lowest BCUT2D eigenvalue weighted by Gasteiger charge is -2.30. The minimum Gasteiger partial charge on any atom is -0.465 e. The summed E-state index contributed by atoms with van der Waals surface area (Å²) in [5, 5.41) is -5.54. The molecule has 2 atom stereocenters. The molecule has 0 heterocycles. The molecular weight excluding hydrogens is 380 g/mol. The predicted molar refractivity (Wildman–Crippen MR) is 82.2 cm³/mol. The monoisotopic (exact) mass is 402 g/mol. The van der Waals surface area contributed by atoms with Crippen molar-refractivity contribution in [3.05, 3.63) is 0 Å². The van der Waals surface area contributed by atoms with Crippen molar-refractivity contribution in [3.8, 4) is 0 Å². The van der Waals surface area contributed by atoms with Gasteiger partial charge in [0.05, 0.1) is 12.0 Å². The van der Waals surface area contributed by atoms with Gasteiger partial charge in [-0.05, 0) is 62.7 Å². The highest BCUT2D eigenvalue weighted by Crippen LogP contribution is 2.65. The van der Waals surface area contributed by atoms with Gasteiger partial charge in [0.25, 0.3) is 0 Å². The fourth-order valence-corrected chi connectivity index (χ4v) is 5.70. The van der Waals surface area contributed by atoms with E-state index in [2.05, 4.69) is 0 Å². The molecule has 0 aromatic carbocycles. The Morgan fingerprint density at radius 3 is 2.19 bits per heavy atom. The largest absolute Gasteiger partial charge is 0.465 e. The minimum absolute atomic E-state index is 0.0868. The number of hydrogen-bond donors (Lipinski definition) is 1. The summed E-state index contributed by atoms with van der Waals surface area (Å²) < 4.78 is 87.2. The number of ether oxygens (including phenoxy) is 1. The van der Waals surface area contributed by atoms with E-state index in [1.54, 1.807) is 0 Å². The third-order valence-electron chi connectivity index (χ3n) is 6.26. The van der Waals surface area contributed by atoms with E-state index >= 15 is 0 Å². The quantitative estimate of drug-likeness (QED) is 0.290. The van der Waals surface area contributed by atoms with Crippen LogP contribution >= 0.6 is 0 Å². The first-order chi connectivity index (χ1) is 11.9. The summed E-state index contributed by atoms with van der Waals surface area (Å²) in [6, 6.07) is 0. The molecule has 2 unspecified atom stereocenters. The Labute approximate surface area is 149 Å². The molecule has 1 N–H and O–H groups in total. The summed E-state index contributed by atoms with van der Waals surface area (Å²) in [6.07, 6.45) is 2.85. The van der Waals surface area contributed by atoms with Crippen molar-refractivity contribution in [1.82, 2.24) is 0 Å². The van der Waals surface area contributed by atoms with E-state index in [0.29, 0.717) is 17.8 Å². The molecule has 0 aromatic heterocycles. The molecule has 0 aromatic rings. The summed E-state index contributed by atoms with van der Waals surface area (Å²) in [6.45, 7) is -0.170. The highest BCUT2D eigenvalue weighted by Gasteiger charge is 2.65. The van der Waals surface area contributed by atoms with Gasteiger partial charge in [-0.3, -0.25) is 9.35 Å². The van der Waals surface area contributed by atoms with Gasteiger partial charge in [0.2, 0.25) is 0 Å². The number of hydrogen-bond acceptors (Lipinski definition) is 4. The van der Waals surface area contributed by atoms with E-state index in [4.69, 9.17) is 9.29 Å². The molecule has 150 valence electrons. The van der Waals surface area contributed by atoms with Gasteiger partial charge < -0.3 is 4.74 Å². The van der Waals surface area contributed by atoms with Crippen LogP contribution in [0.2, 0.25) is 0 Å². The number of carbonyl (C=O) groups is 1. The number of alkyl halides is 4. The maximum absolute atomic E-state index is 13.4. The number of esters is 1. The molecular formula is C16H22F4O5S. The predicted octanol–water partition coefficient (Wildman–Crippen LogP) is 3.64. The molecule has 0 radical (unpaired) electrons. The third kappa shape index (κ3) is 3.12. The van der Waals surface area contributed by atoms with Crippen molar-refractivity contribution in [2.75, 3.05) is 6.61 Å². The van der Waals surface area contributed by atoms with E-state index in [1.807, 2.05) is 0 Å². The zero-order chi connectivity index (χ0) is 19.4. The molecule has 0 amide bonds. The molecule has 4 bridgehead atoms. The van der Waals surface area contributed by atoms with Crippen LogP contribution in [0.3, 0.4) is 0 Å². The van der Waals surface area contributed by atoms with Gasteiger partial charge in [0.1, 0.15) is 0 Å². The Bertz CT molecular complexity index is 664. The average molecular weight is 402 g/mol. The van der Waals surface area contributed by atoms with E-state index in [-0.39, 0.29) is 19.0 Å². The summed E-state index contributed by atoms with van der Waals surface area (Å²) >= 11 is 0. The van der Waals surface area contributed by atoms with Gasteiger partial charge in [-0.15, -0.1) is 0 Å². The summed E-state index contributed by atoms with van der Waals surface area (Å²) in [5.41, 5.74) is -0.449. The van der Waals surface area contributed by atoms with Crippen molar-refractivity contribution in [2.24, 2.45) is 23.2 Å². The molecule has 4 fully saturated rings. The number of halogens is 4. The van der Waals surface area contributed by atoms with Crippen LogP contribution in [-0.2, 0) is 19.6 Å². The normalized spacial score (nSPS) is 33.7. The first-order valence-electron chi connectivity index (χ1n) is 8.79. The molecule has 0 saturated heterocycles. The zero-order valence-corrected chi connectivity index (χ0v) is 14.9. The molecule has 4 saturated carbocycles. The molecule has 4 aliphatic rings. The smallest absolute Gasteiger partial charge is 0.431 e. The van der Waals surface area contributed by atoms with E-state index in [1.165, 1.54) is 0 Å². The van der Waals surface area contributed by atoms with E-state index in [0.717, 1.165) is 32.1 Å². The van der Waals surface area contributed by atoms with Crippen molar-refractivity contribution in [1.29, 1.82) is 0 Å². The van der Waals surface area contributed by atoms with Gasteiger partial charge >= 0.3 is 27.3 Å². The Morgan fingerprint density at radius 1 is 1.08 bits per heavy atom. The maximum atomic E-state index is 13.4. The summed E-state index contributed by atoms with van der Waals surface area (Å²) in [5.74, 6) is -3.77. The van der Waals surface area contributed by atoms with Gasteiger partial charge in [0, 0.05) is 6.42 Å². The van der Waals surface area contributed by atoms with E-state index < -0.39 is 39.6 Å². The maximum Gasteiger partial charge on any atom is 0.431 e. The molecule has 4 aliphatic carbocycles. The Hall–Kier alpha value is -0.900. The number of rotatable bonds is 8. The van der Waals surface area contributed by atoms with Crippen molar-refractivity contribution in [3.63, 3.8) is 0 Å². The molecule has 4 rings (SSSR count). The van der Waals surface area contributed by atoms with Gasteiger partial charge in [-0.25, -0.2) is 0 Å². The molecule has 0 spiro atoms. The van der Waals surface area contributed by atoms with Crippen molar-refractivity contribution in [2.45, 2.75) is 62.5 Å². The van der Waals surface area contributed by atoms with E-state index in [9.17, 15) is 30.8 Å². The van der Waals surface area contributed by atoms with Gasteiger partial charge in [-0.2, -0.15) is 26.0 Å². The second-order valence-corrected chi connectivity index (χ2v) is 9.45. The summed E-state index contributed by atoms with van der Waals surface area (Å²) in [4.78, 5) is 12.5. The lowest BCUT2D eigenvalue weighted by Crippen LogP contribution is -2.46. The summed E-state index contributed by atoms with van der Waals surface area (Å²) in [7, 11) is -6.21. The highest BCUT2D eigenvalue weighted by atomic mass is 32.2.